The van der Waals surface area contributed by atoms with Crippen molar-refractivity contribution in [3.05, 3.63) is 63.9 Å². The summed E-state index contributed by atoms with van der Waals surface area (Å²) in [6, 6.07) is 12.2. The van der Waals surface area contributed by atoms with Gasteiger partial charge in [-0.15, -0.1) is 0 Å². The van der Waals surface area contributed by atoms with Crippen molar-refractivity contribution < 1.29 is 9.66 Å². The summed E-state index contributed by atoms with van der Waals surface area (Å²) in [5.74, 6) is 0.792. The fraction of sp³-hybridized carbons (Fsp3) is 0.0556. The second-order valence-electron chi connectivity index (χ2n) is 5.79. The molecule has 2 N–H and O–H groups in total. The van der Waals surface area contributed by atoms with Gasteiger partial charge in [0, 0.05) is 10.7 Å². The fourth-order valence-corrected chi connectivity index (χ4v) is 3.61. The molecule has 0 aliphatic heterocycles. The highest BCUT2D eigenvalue weighted by Crippen LogP contribution is 2.36. The number of nitro groups is 1. The Bertz CT molecular complexity index is 1200. The van der Waals surface area contributed by atoms with Crippen LogP contribution in [0.2, 0.25) is 5.02 Å². The van der Waals surface area contributed by atoms with Gasteiger partial charge in [-0.3, -0.25) is 10.1 Å². The lowest BCUT2D eigenvalue weighted by molar-refractivity contribution is -0.383. The summed E-state index contributed by atoms with van der Waals surface area (Å²) in [6.45, 7) is 0. The lowest BCUT2D eigenvalue weighted by Gasteiger charge is -2.08. The van der Waals surface area contributed by atoms with Gasteiger partial charge >= 0.3 is 5.69 Å². The highest BCUT2D eigenvalue weighted by Gasteiger charge is 2.24. The van der Waals surface area contributed by atoms with Crippen LogP contribution in [0.3, 0.4) is 0 Å². The molecule has 0 unspecified atom stereocenters. The van der Waals surface area contributed by atoms with Crippen LogP contribution in [0, 0.1) is 10.1 Å². The summed E-state index contributed by atoms with van der Waals surface area (Å²) < 4.78 is 6.09. The Labute approximate surface area is 173 Å². The first kappa shape index (κ1) is 18.8. The average molecular weight is 429 g/mol. The van der Waals surface area contributed by atoms with Gasteiger partial charge in [-0.25, -0.2) is 15.0 Å². The monoisotopic (exact) mass is 428 g/mol. The van der Waals surface area contributed by atoms with Gasteiger partial charge in [-0.1, -0.05) is 22.9 Å². The van der Waals surface area contributed by atoms with E-state index in [2.05, 4.69) is 25.6 Å². The molecule has 146 valence electrons. The van der Waals surface area contributed by atoms with Gasteiger partial charge in [0.05, 0.1) is 22.2 Å². The fourth-order valence-electron chi connectivity index (χ4n) is 2.59. The van der Waals surface area contributed by atoms with E-state index in [4.69, 9.17) is 16.3 Å². The number of ether oxygens (including phenoxy) is 1. The third-order valence-electron chi connectivity index (χ3n) is 3.93. The second kappa shape index (κ2) is 7.86. The summed E-state index contributed by atoms with van der Waals surface area (Å²) >= 11 is 7.21. The van der Waals surface area contributed by atoms with E-state index in [0.29, 0.717) is 21.6 Å². The van der Waals surface area contributed by atoms with E-state index in [1.165, 1.54) is 17.7 Å². The molecular formula is C18H13ClN6O3S. The van der Waals surface area contributed by atoms with Gasteiger partial charge in [0.15, 0.2) is 5.13 Å². The number of halogens is 1. The molecule has 4 aromatic rings. The second-order valence-corrected chi connectivity index (χ2v) is 7.25. The van der Waals surface area contributed by atoms with Gasteiger partial charge < -0.3 is 15.4 Å². The number of hydrogen-bond acceptors (Lipinski definition) is 9. The van der Waals surface area contributed by atoms with Gasteiger partial charge in [0.2, 0.25) is 11.6 Å². The van der Waals surface area contributed by atoms with Crippen LogP contribution < -0.4 is 15.4 Å². The number of methoxy groups -OCH3 is 1. The molecule has 9 nitrogen and oxygen atoms in total. The van der Waals surface area contributed by atoms with E-state index < -0.39 is 4.92 Å². The van der Waals surface area contributed by atoms with Crippen molar-refractivity contribution in [2.45, 2.75) is 0 Å². The summed E-state index contributed by atoms with van der Waals surface area (Å²) in [7, 11) is 1.58. The minimum atomic E-state index is -0.545. The number of hydrogen-bond donors (Lipinski definition) is 2. The summed E-state index contributed by atoms with van der Waals surface area (Å²) in [4.78, 5) is 23.7. The zero-order valence-corrected chi connectivity index (χ0v) is 16.5. The summed E-state index contributed by atoms with van der Waals surface area (Å²) in [5.41, 5.74) is 1.06. The number of aromatic nitrogens is 3. The van der Waals surface area contributed by atoms with Crippen molar-refractivity contribution in [1.82, 2.24) is 15.0 Å². The molecule has 11 heteroatoms. The van der Waals surface area contributed by atoms with Crippen molar-refractivity contribution in [2.24, 2.45) is 0 Å². The van der Waals surface area contributed by atoms with Crippen LogP contribution in [0.5, 0.6) is 5.75 Å². The first-order valence-corrected chi connectivity index (χ1v) is 9.46. The minimum Gasteiger partial charge on any atom is -0.497 e. The van der Waals surface area contributed by atoms with Crippen molar-refractivity contribution in [2.75, 3.05) is 17.7 Å². The van der Waals surface area contributed by atoms with Crippen LogP contribution in [0.15, 0.2) is 48.8 Å². The number of benzene rings is 2. The van der Waals surface area contributed by atoms with Crippen molar-refractivity contribution >= 4 is 61.3 Å². The Morgan fingerprint density at radius 3 is 2.52 bits per heavy atom. The van der Waals surface area contributed by atoms with Crippen LogP contribution >= 0.6 is 22.9 Å². The average Bonchev–Trinajstić information content (AvgIpc) is 3.11. The molecule has 0 bridgehead atoms. The predicted octanol–water partition coefficient (Wildman–Crippen LogP) is 5.14. The number of rotatable bonds is 6. The van der Waals surface area contributed by atoms with Gasteiger partial charge in [-0.2, -0.15) is 0 Å². The molecule has 2 heterocycles. The summed E-state index contributed by atoms with van der Waals surface area (Å²) in [5, 5.41) is 18.6. The topological polar surface area (TPSA) is 115 Å². The Balaban J connectivity index is 1.68. The molecule has 0 aliphatic carbocycles. The number of nitrogens with zero attached hydrogens (tertiary/aromatic N) is 4. The van der Waals surface area contributed by atoms with E-state index in [1.54, 1.807) is 37.4 Å². The van der Waals surface area contributed by atoms with Crippen molar-refractivity contribution in [3.63, 3.8) is 0 Å². The SMILES string of the molecule is COc1ccc2nc(Nc3ncnc(Nc4ccc(Cl)cc4)c3[N+](=O)[O-])sc2c1. The van der Waals surface area contributed by atoms with Crippen LogP contribution in [-0.4, -0.2) is 27.0 Å². The quantitative estimate of drug-likeness (QED) is 0.320. The molecule has 2 aromatic carbocycles. The number of fused-ring (bicyclic) bond motifs is 1. The number of nitrogens with one attached hydrogen (secondary N) is 2. The minimum absolute atomic E-state index is 0.0347. The van der Waals surface area contributed by atoms with Crippen LogP contribution in [0.25, 0.3) is 10.2 Å². The lowest BCUT2D eigenvalue weighted by Crippen LogP contribution is -2.05. The van der Waals surface area contributed by atoms with E-state index in [9.17, 15) is 10.1 Å². The predicted molar refractivity (Wildman–Crippen MR) is 113 cm³/mol. The lowest BCUT2D eigenvalue weighted by atomic mass is 10.3. The maximum absolute atomic E-state index is 11.7. The molecule has 0 saturated carbocycles. The first-order chi connectivity index (χ1) is 14.0. The molecule has 0 atom stereocenters. The molecule has 0 saturated heterocycles. The Kier molecular flexibility index (Phi) is 5.10. The molecule has 2 aromatic heterocycles. The maximum atomic E-state index is 11.7. The Hall–Kier alpha value is -3.50. The molecule has 0 aliphatic rings. The molecule has 0 fully saturated rings. The standard InChI is InChI=1S/C18H13ClN6O3S/c1-28-12-6-7-13-14(8-12)29-18(23-13)24-17-15(25(26)27)16(20-9-21-17)22-11-4-2-10(19)3-5-11/h2-9H,1H3,(H2,20,21,22,23,24). The molecule has 4 rings (SSSR count). The third kappa shape index (κ3) is 4.03. The highest BCUT2D eigenvalue weighted by molar-refractivity contribution is 7.22. The Morgan fingerprint density at radius 1 is 1.10 bits per heavy atom. The molecule has 29 heavy (non-hydrogen) atoms. The zero-order chi connectivity index (χ0) is 20.4. The first-order valence-electron chi connectivity index (χ1n) is 8.27. The largest absolute Gasteiger partial charge is 0.497 e. The van der Waals surface area contributed by atoms with Crippen LogP contribution in [-0.2, 0) is 0 Å². The maximum Gasteiger partial charge on any atom is 0.353 e. The molecule has 0 radical (unpaired) electrons. The molecular weight excluding hydrogens is 416 g/mol. The third-order valence-corrected chi connectivity index (χ3v) is 5.12. The van der Waals surface area contributed by atoms with Gasteiger partial charge in [-0.05, 0) is 42.5 Å². The van der Waals surface area contributed by atoms with Gasteiger partial charge in [0.1, 0.15) is 12.1 Å². The molecule has 0 spiro atoms. The number of anilines is 4. The molecule has 0 amide bonds. The zero-order valence-electron chi connectivity index (χ0n) is 14.9. The van der Waals surface area contributed by atoms with E-state index in [1.807, 2.05) is 12.1 Å². The van der Waals surface area contributed by atoms with Crippen LogP contribution in [0.4, 0.5) is 28.1 Å². The van der Waals surface area contributed by atoms with E-state index >= 15 is 0 Å². The number of thiazole rings is 1. The Morgan fingerprint density at radius 2 is 1.83 bits per heavy atom. The summed E-state index contributed by atoms with van der Waals surface area (Å²) in [6.07, 6.45) is 1.24. The van der Waals surface area contributed by atoms with Crippen LogP contribution in [0.1, 0.15) is 0 Å². The van der Waals surface area contributed by atoms with E-state index in [-0.39, 0.29) is 17.3 Å². The normalized spacial score (nSPS) is 10.7. The highest BCUT2D eigenvalue weighted by atomic mass is 35.5. The van der Waals surface area contributed by atoms with Crippen molar-refractivity contribution in [3.8, 4) is 5.75 Å². The van der Waals surface area contributed by atoms with E-state index in [0.717, 1.165) is 10.2 Å². The smallest absolute Gasteiger partial charge is 0.353 e. The van der Waals surface area contributed by atoms with Gasteiger partial charge in [0.25, 0.3) is 0 Å². The van der Waals surface area contributed by atoms with Crippen molar-refractivity contribution in [1.29, 1.82) is 0 Å².